The zero-order chi connectivity index (χ0) is 21.3. The summed E-state index contributed by atoms with van der Waals surface area (Å²) in [5.41, 5.74) is 6.29. The fourth-order valence-electron chi connectivity index (χ4n) is 3.98. The zero-order valence-electron chi connectivity index (χ0n) is 17.2. The quantitative estimate of drug-likeness (QED) is 0.609. The van der Waals surface area contributed by atoms with Crippen LogP contribution in [0.5, 0.6) is 0 Å². The summed E-state index contributed by atoms with van der Waals surface area (Å²) in [6.45, 7) is 5.75. The summed E-state index contributed by atoms with van der Waals surface area (Å²) in [7, 11) is 0. The predicted octanol–water partition coefficient (Wildman–Crippen LogP) is 4.84. The van der Waals surface area contributed by atoms with Crippen molar-refractivity contribution in [3.63, 3.8) is 0 Å². The molecule has 0 atom stereocenters. The molecule has 30 heavy (non-hydrogen) atoms. The average Bonchev–Trinajstić information content (AvgIpc) is 3.38. The Kier molecular flexibility index (Phi) is 5.61. The molecule has 0 spiro atoms. The minimum absolute atomic E-state index is 0.122. The second-order valence-electron chi connectivity index (χ2n) is 7.71. The number of nitriles is 1. The number of hydrogen-bond donors (Lipinski definition) is 0. The highest BCUT2D eigenvalue weighted by atomic mass is 35.5. The third-order valence-electron chi connectivity index (χ3n) is 5.73. The molecule has 2 heterocycles. The molecule has 1 aliphatic rings. The fourth-order valence-corrected chi connectivity index (χ4v) is 4.20. The maximum Gasteiger partial charge on any atom is 0.253 e. The van der Waals surface area contributed by atoms with Crippen LogP contribution in [0.25, 0.3) is 5.69 Å². The summed E-state index contributed by atoms with van der Waals surface area (Å²) < 4.78 is 1.86. The molecule has 0 bridgehead atoms. The van der Waals surface area contributed by atoms with Gasteiger partial charge in [0, 0.05) is 36.3 Å². The van der Waals surface area contributed by atoms with Gasteiger partial charge in [-0.05, 0) is 62.6 Å². The summed E-state index contributed by atoms with van der Waals surface area (Å²) in [4.78, 5) is 14.5. The van der Waals surface area contributed by atoms with Crippen molar-refractivity contribution in [2.24, 2.45) is 0 Å². The molecule has 1 amide bonds. The van der Waals surface area contributed by atoms with E-state index in [4.69, 9.17) is 16.9 Å². The molecule has 3 aromatic rings. The van der Waals surface area contributed by atoms with Crippen LogP contribution in [0.3, 0.4) is 0 Å². The fraction of sp³-hybridized carbons (Fsp3) is 0.292. The van der Waals surface area contributed by atoms with Crippen molar-refractivity contribution in [1.82, 2.24) is 14.7 Å². The van der Waals surface area contributed by atoms with Crippen molar-refractivity contribution in [2.45, 2.75) is 33.1 Å². The Morgan fingerprint density at radius 2 is 1.83 bits per heavy atom. The van der Waals surface area contributed by atoms with Gasteiger partial charge in [-0.2, -0.15) is 10.4 Å². The summed E-state index contributed by atoms with van der Waals surface area (Å²) in [5, 5.41) is 14.2. The SMILES string of the molecule is Cc1nn(-c2ccc(C#N)c(Cl)c2)c(C)c1Cc1ccc(C(=O)N2CCCC2)cc1. The monoisotopic (exact) mass is 418 g/mol. The largest absolute Gasteiger partial charge is 0.339 e. The molecular formula is C24H23ClN4O. The van der Waals surface area contributed by atoms with Crippen molar-refractivity contribution >= 4 is 17.5 Å². The number of aromatic nitrogens is 2. The highest BCUT2D eigenvalue weighted by Gasteiger charge is 2.19. The lowest BCUT2D eigenvalue weighted by atomic mass is 10.0. The van der Waals surface area contributed by atoms with Gasteiger partial charge >= 0.3 is 0 Å². The maximum absolute atomic E-state index is 12.5. The van der Waals surface area contributed by atoms with E-state index in [0.717, 1.165) is 66.1 Å². The number of aryl methyl sites for hydroxylation is 1. The van der Waals surface area contributed by atoms with Gasteiger partial charge in [-0.15, -0.1) is 0 Å². The molecular weight excluding hydrogens is 396 g/mol. The molecule has 0 unspecified atom stereocenters. The number of carbonyl (C=O) groups excluding carboxylic acids is 1. The minimum atomic E-state index is 0.122. The minimum Gasteiger partial charge on any atom is -0.339 e. The molecule has 6 heteroatoms. The van der Waals surface area contributed by atoms with Crippen molar-refractivity contribution < 1.29 is 4.79 Å². The Balaban J connectivity index is 1.56. The molecule has 2 aromatic carbocycles. The van der Waals surface area contributed by atoms with Gasteiger partial charge in [-0.1, -0.05) is 23.7 Å². The van der Waals surface area contributed by atoms with E-state index < -0.39 is 0 Å². The number of nitrogens with zero attached hydrogens (tertiary/aromatic N) is 4. The van der Waals surface area contributed by atoms with Crippen LogP contribution in [0.1, 0.15) is 51.3 Å². The Hall–Kier alpha value is -3.10. The van der Waals surface area contributed by atoms with E-state index in [0.29, 0.717) is 10.6 Å². The first-order chi connectivity index (χ1) is 14.5. The molecule has 152 valence electrons. The third-order valence-corrected chi connectivity index (χ3v) is 6.05. The molecule has 0 saturated carbocycles. The van der Waals surface area contributed by atoms with E-state index in [1.165, 1.54) is 0 Å². The number of carbonyl (C=O) groups is 1. The molecule has 0 N–H and O–H groups in total. The van der Waals surface area contributed by atoms with Crippen LogP contribution in [-0.2, 0) is 6.42 Å². The van der Waals surface area contributed by atoms with Crippen LogP contribution >= 0.6 is 11.6 Å². The summed E-state index contributed by atoms with van der Waals surface area (Å²) in [6.07, 6.45) is 2.92. The van der Waals surface area contributed by atoms with Gasteiger partial charge in [0.2, 0.25) is 0 Å². The Labute approximate surface area is 181 Å². The normalized spacial score (nSPS) is 13.5. The second-order valence-corrected chi connectivity index (χ2v) is 8.12. The van der Waals surface area contributed by atoms with Crippen LogP contribution in [0.4, 0.5) is 0 Å². The Morgan fingerprint density at radius 3 is 2.47 bits per heavy atom. The van der Waals surface area contributed by atoms with Crippen molar-refractivity contribution in [3.8, 4) is 11.8 Å². The van der Waals surface area contributed by atoms with Gasteiger partial charge in [0.25, 0.3) is 5.91 Å². The molecule has 1 aromatic heterocycles. The van der Waals surface area contributed by atoms with Gasteiger partial charge in [0.15, 0.2) is 0 Å². The molecule has 4 rings (SSSR count). The van der Waals surface area contributed by atoms with Crippen LogP contribution in [0.15, 0.2) is 42.5 Å². The second kappa shape index (κ2) is 8.33. The highest BCUT2D eigenvalue weighted by Crippen LogP contribution is 2.25. The molecule has 0 radical (unpaired) electrons. The molecule has 1 aliphatic heterocycles. The Morgan fingerprint density at radius 1 is 1.13 bits per heavy atom. The standard InChI is InChI=1S/C24H23ClN4O/c1-16-22(17(2)29(27-16)21-10-9-20(15-26)23(25)14-21)13-18-5-7-19(8-6-18)24(30)28-11-3-4-12-28/h5-10,14H,3-4,11-13H2,1-2H3. The van der Waals surface area contributed by atoms with Gasteiger partial charge in [0.1, 0.15) is 6.07 Å². The van der Waals surface area contributed by atoms with Gasteiger partial charge in [0.05, 0.1) is 22.0 Å². The smallest absolute Gasteiger partial charge is 0.253 e. The lowest BCUT2D eigenvalue weighted by Crippen LogP contribution is -2.27. The first-order valence-corrected chi connectivity index (χ1v) is 10.5. The predicted molar refractivity (Wildman–Crippen MR) is 117 cm³/mol. The average molecular weight is 419 g/mol. The number of hydrogen-bond acceptors (Lipinski definition) is 3. The van der Waals surface area contributed by atoms with Crippen LogP contribution < -0.4 is 0 Å². The van der Waals surface area contributed by atoms with Crippen LogP contribution in [0, 0.1) is 25.2 Å². The van der Waals surface area contributed by atoms with Crippen LogP contribution in [-0.4, -0.2) is 33.7 Å². The molecule has 5 nitrogen and oxygen atoms in total. The van der Waals surface area contributed by atoms with Crippen molar-refractivity contribution in [3.05, 3.63) is 81.1 Å². The van der Waals surface area contributed by atoms with Crippen LogP contribution in [0.2, 0.25) is 5.02 Å². The van der Waals surface area contributed by atoms with E-state index in [2.05, 4.69) is 11.2 Å². The first-order valence-electron chi connectivity index (χ1n) is 10.1. The number of rotatable bonds is 4. The number of benzene rings is 2. The van der Waals surface area contributed by atoms with Gasteiger partial charge in [-0.3, -0.25) is 4.79 Å². The topological polar surface area (TPSA) is 61.9 Å². The maximum atomic E-state index is 12.5. The number of likely N-dealkylation sites (tertiary alicyclic amines) is 1. The van der Waals surface area contributed by atoms with Gasteiger partial charge < -0.3 is 4.90 Å². The summed E-state index contributed by atoms with van der Waals surface area (Å²) >= 11 is 6.20. The lowest BCUT2D eigenvalue weighted by molar-refractivity contribution is 0.0793. The van der Waals surface area contributed by atoms with E-state index in [9.17, 15) is 4.79 Å². The first kappa shape index (κ1) is 20.2. The highest BCUT2D eigenvalue weighted by molar-refractivity contribution is 6.31. The third kappa shape index (κ3) is 3.83. The van der Waals surface area contributed by atoms with Gasteiger partial charge in [-0.25, -0.2) is 4.68 Å². The molecule has 1 saturated heterocycles. The lowest BCUT2D eigenvalue weighted by Gasteiger charge is -2.15. The van der Waals surface area contributed by atoms with E-state index >= 15 is 0 Å². The van der Waals surface area contributed by atoms with E-state index in [1.807, 2.05) is 53.8 Å². The van der Waals surface area contributed by atoms with Crippen molar-refractivity contribution in [2.75, 3.05) is 13.1 Å². The summed E-state index contributed by atoms with van der Waals surface area (Å²) in [6, 6.07) is 15.3. The van der Waals surface area contributed by atoms with E-state index in [1.54, 1.807) is 12.1 Å². The Bertz CT molecular complexity index is 1140. The number of amides is 1. The molecule has 0 aliphatic carbocycles. The zero-order valence-corrected chi connectivity index (χ0v) is 17.9. The molecule has 1 fully saturated rings. The summed E-state index contributed by atoms with van der Waals surface area (Å²) in [5.74, 6) is 0.122. The van der Waals surface area contributed by atoms with Crippen molar-refractivity contribution in [1.29, 1.82) is 5.26 Å². The number of halogens is 1. The van der Waals surface area contributed by atoms with E-state index in [-0.39, 0.29) is 5.91 Å².